The lowest BCUT2D eigenvalue weighted by Crippen LogP contribution is -2.11. The van der Waals surface area contributed by atoms with Crippen LogP contribution in [-0.4, -0.2) is 29.7 Å². The van der Waals surface area contributed by atoms with Gasteiger partial charge in [-0.2, -0.15) is 15.1 Å². The van der Waals surface area contributed by atoms with Crippen molar-refractivity contribution in [3.8, 4) is 11.5 Å². The molecule has 0 aliphatic heterocycles. The summed E-state index contributed by atoms with van der Waals surface area (Å²) < 4.78 is 2.08. The summed E-state index contributed by atoms with van der Waals surface area (Å²) in [6, 6.07) is 10.2. The summed E-state index contributed by atoms with van der Waals surface area (Å²) in [6.45, 7) is 6.96. The van der Waals surface area contributed by atoms with Crippen molar-refractivity contribution in [2.24, 2.45) is 0 Å². The molecule has 3 heterocycles. The minimum atomic E-state index is 0.0509. The molecule has 0 bridgehead atoms. The summed E-state index contributed by atoms with van der Waals surface area (Å²) in [5, 5.41) is 10.5. The summed E-state index contributed by atoms with van der Waals surface area (Å²) in [5.41, 5.74) is 10.6. The van der Waals surface area contributed by atoms with Gasteiger partial charge in [0.25, 0.3) is 0 Å². The summed E-state index contributed by atoms with van der Waals surface area (Å²) >= 11 is 0. The van der Waals surface area contributed by atoms with Gasteiger partial charge < -0.3 is 15.6 Å². The predicted molar refractivity (Wildman–Crippen MR) is 111 cm³/mol. The first-order valence-corrected chi connectivity index (χ1v) is 9.44. The van der Waals surface area contributed by atoms with E-state index in [-0.39, 0.29) is 6.04 Å². The number of aromatic nitrogens is 6. The number of benzene rings is 1. The maximum atomic E-state index is 6.25. The molecule has 0 saturated heterocycles. The topological polar surface area (TPSA) is 110 Å². The van der Waals surface area contributed by atoms with Crippen molar-refractivity contribution in [1.82, 2.24) is 29.7 Å². The monoisotopic (exact) mass is 376 g/mol. The van der Waals surface area contributed by atoms with Crippen LogP contribution >= 0.6 is 0 Å². The third kappa shape index (κ3) is 3.17. The quantitative estimate of drug-likeness (QED) is 0.473. The lowest BCUT2D eigenvalue weighted by atomic mass is 10.1. The van der Waals surface area contributed by atoms with Crippen molar-refractivity contribution in [1.29, 1.82) is 0 Å². The molecule has 4 N–H and O–H groups in total. The maximum Gasteiger partial charge on any atom is 0.227 e. The highest BCUT2D eigenvalue weighted by Gasteiger charge is 2.20. The fraction of sp³-hybridized carbons (Fsp3) is 0.300. The number of anilines is 2. The highest BCUT2D eigenvalue weighted by Crippen LogP contribution is 2.28. The van der Waals surface area contributed by atoms with E-state index < -0.39 is 0 Å². The zero-order chi connectivity index (χ0) is 19.7. The van der Waals surface area contributed by atoms with Gasteiger partial charge in [0, 0.05) is 6.54 Å². The van der Waals surface area contributed by atoms with Gasteiger partial charge in [-0.05, 0) is 31.4 Å². The molecule has 0 saturated carbocycles. The maximum absolute atomic E-state index is 6.25. The Hall–Kier alpha value is -3.42. The molecule has 1 aromatic carbocycles. The van der Waals surface area contributed by atoms with Gasteiger partial charge in [0.05, 0.1) is 12.2 Å². The van der Waals surface area contributed by atoms with Crippen LogP contribution in [0.2, 0.25) is 0 Å². The normalized spacial score (nSPS) is 12.4. The molecule has 0 unspecified atom stereocenters. The Balaban J connectivity index is 1.79. The van der Waals surface area contributed by atoms with Gasteiger partial charge in [-0.3, -0.25) is 5.10 Å². The van der Waals surface area contributed by atoms with Gasteiger partial charge in [0.2, 0.25) is 5.95 Å². The molecule has 144 valence electrons. The van der Waals surface area contributed by atoms with E-state index in [2.05, 4.69) is 51.0 Å². The van der Waals surface area contributed by atoms with Crippen LogP contribution in [0.5, 0.6) is 0 Å². The standard InChI is InChI=1S/C20H24N8/c1-4-10-28-18(15-12(2)11-22-27-15)24-16-17(21)25-20(26-19(16)28)23-13(3)14-8-6-5-7-9-14/h5-9,11,13H,4,10H2,1-3H3,(H,22,27)(H3,21,23,25,26)/t13-/m0/s1. The number of hydrogen-bond acceptors (Lipinski definition) is 6. The van der Waals surface area contributed by atoms with Crippen LogP contribution in [-0.2, 0) is 6.54 Å². The van der Waals surface area contributed by atoms with E-state index in [9.17, 15) is 0 Å². The molecule has 4 rings (SSSR count). The lowest BCUT2D eigenvalue weighted by Gasteiger charge is -2.14. The molecule has 3 aromatic heterocycles. The molecule has 0 aliphatic rings. The molecule has 0 radical (unpaired) electrons. The molecule has 0 spiro atoms. The average molecular weight is 376 g/mol. The minimum Gasteiger partial charge on any atom is -0.382 e. The van der Waals surface area contributed by atoms with Gasteiger partial charge >= 0.3 is 0 Å². The lowest BCUT2D eigenvalue weighted by molar-refractivity contribution is 0.695. The van der Waals surface area contributed by atoms with Crippen LogP contribution in [0.4, 0.5) is 11.8 Å². The molecular weight excluding hydrogens is 352 g/mol. The second-order valence-corrected chi connectivity index (χ2v) is 6.90. The Bertz CT molecular complexity index is 1100. The van der Waals surface area contributed by atoms with Gasteiger partial charge in [0.15, 0.2) is 22.8 Å². The fourth-order valence-corrected chi connectivity index (χ4v) is 3.30. The molecule has 4 aromatic rings. The van der Waals surface area contributed by atoms with E-state index >= 15 is 0 Å². The largest absolute Gasteiger partial charge is 0.382 e. The Kier molecular flexibility index (Phi) is 4.68. The van der Waals surface area contributed by atoms with Crippen molar-refractivity contribution in [3.05, 3.63) is 47.7 Å². The number of nitrogens with one attached hydrogen (secondary N) is 2. The third-order valence-corrected chi connectivity index (χ3v) is 4.77. The van der Waals surface area contributed by atoms with Crippen molar-refractivity contribution in [2.45, 2.75) is 39.8 Å². The summed E-state index contributed by atoms with van der Waals surface area (Å²) in [6.07, 6.45) is 2.73. The SMILES string of the molecule is CCCn1c(-c2[nH]ncc2C)nc2c(N)nc(N[C@@H](C)c3ccccc3)nc21. The van der Waals surface area contributed by atoms with E-state index in [0.717, 1.165) is 41.3 Å². The number of nitrogens with two attached hydrogens (primary N) is 1. The first-order valence-electron chi connectivity index (χ1n) is 9.44. The van der Waals surface area contributed by atoms with E-state index in [1.165, 1.54) is 0 Å². The van der Waals surface area contributed by atoms with E-state index in [1.54, 1.807) is 6.20 Å². The number of nitrogens with zero attached hydrogens (tertiary/aromatic N) is 5. The summed E-state index contributed by atoms with van der Waals surface area (Å²) in [5.74, 6) is 1.63. The van der Waals surface area contributed by atoms with Crippen LogP contribution in [0.15, 0.2) is 36.5 Å². The first-order chi connectivity index (χ1) is 13.6. The van der Waals surface area contributed by atoms with Gasteiger partial charge in [-0.15, -0.1) is 0 Å². The summed E-state index contributed by atoms with van der Waals surface area (Å²) in [7, 11) is 0. The average Bonchev–Trinajstić information content (AvgIpc) is 3.27. The van der Waals surface area contributed by atoms with E-state index in [4.69, 9.17) is 15.7 Å². The Morgan fingerprint density at radius 2 is 1.96 bits per heavy atom. The summed E-state index contributed by atoms with van der Waals surface area (Å²) in [4.78, 5) is 13.9. The minimum absolute atomic E-state index is 0.0509. The molecule has 0 aliphatic carbocycles. The molecule has 8 heteroatoms. The van der Waals surface area contributed by atoms with E-state index in [1.807, 2.05) is 25.1 Å². The van der Waals surface area contributed by atoms with Crippen LogP contribution in [0.3, 0.4) is 0 Å². The molecule has 28 heavy (non-hydrogen) atoms. The smallest absolute Gasteiger partial charge is 0.227 e. The second-order valence-electron chi connectivity index (χ2n) is 6.90. The highest BCUT2D eigenvalue weighted by molar-refractivity contribution is 5.86. The first kappa shape index (κ1) is 18.0. The number of H-pyrrole nitrogens is 1. The van der Waals surface area contributed by atoms with Crippen LogP contribution < -0.4 is 11.1 Å². The highest BCUT2D eigenvalue weighted by atomic mass is 15.2. The predicted octanol–water partition coefficient (Wildman–Crippen LogP) is 3.69. The fourth-order valence-electron chi connectivity index (χ4n) is 3.30. The van der Waals surface area contributed by atoms with Crippen molar-refractivity contribution in [3.63, 3.8) is 0 Å². The number of fused-ring (bicyclic) bond motifs is 1. The molecule has 0 amide bonds. The third-order valence-electron chi connectivity index (χ3n) is 4.77. The number of imidazole rings is 1. The number of aryl methyl sites for hydroxylation is 2. The van der Waals surface area contributed by atoms with Crippen LogP contribution in [0.25, 0.3) is 22.7 Å². The Morgan fingerprint density at radius 1 is 1.18 bits per heavy atom. The van der Waals surface area contributed by atoms with Gasteiger partial charge in [-0.1, -0.05) is 37.3 Å². The molecule has 0 fully saturated rings. The van der Waals surface area contributed by atoms with Crippen molar-refractivity contribution < 1.29 is 0 Å². The number of aromatic amines is 1. The molecular formula is C20H24N8. The molecule has 1 atom stereocenters. The van der Waals surface area contributed by atoms with Crippen molar-refractivity contribution in [2.75, 3.05) is 11.1 Å². The van der Waals surface area contributed by atoms with Crippen LogP contribution in [0.1, 0.15) is 37.4 Å². The zero-order valence-corrected chi connectivity index (χ0v) is 16.3. The number of hydrogen-bond donors (Lipinski definition) is 3. The Labute approximate surface area is 163 Å². The van der Waals surface area contributed by atoms with Gasteiger partial charge in [-0.25, -0.2) is 4.98 Å². The zero-order valence-electron chi connectivity index (χ0n) is 16.3. The Morgan fingerprint density at radius 3 is 2.64 bits per heavy atom. The second kappa shape index (κ2) is 7.30. The van der Waals surface area contributed by atoms with E-state index in [0.29, 0.717) is 17.3 Å². The number of nitrogen functional groups attached to an aromatic ring is 1. The number of rotatable bonds is 6. The molecule has 8 nitrogen and oxygen atoms in total. The van der Waals surface area contributed by atoms with Crippen molar-refractivity contribution >= 4 is 22.9 Å². The van der Waals surface area contributed by atoms with Crippen LogP contribution in [0, 0.1) is 6.92 Å². The van der Waals surface area contributed by atoms with Gasteiger partial charge in [0.1, 0.15) is 5.69 Å².